The van der Waals surface area contributed by atoms with Crippen LogP contribution in [0.5, 0.6) is 0 Å². The summed E-state index contributed by atoms with van der Waals surface area (Å²) in [4.78, 5) is 12.4. The lowest BCUT2D eigenvalue weighted by Crippen LogP contribution is -2.53. The molecular formula is C19H28O2. The fraction of sp³-hybridized carbons (Fsp3) is 0.842. The Morgan fingerprint density at radius 2 is 1.90 bits per heavy atom. The Kier molecular flexibility index (Phi) is 2.96. The molecule has 6 atom stereocenters. The first-order valence-corrected chi connectivity index (χ1v) is 8.89. The molecule has 0 aliphatic heterocycles. The van der Waals surface area contributed by atoms with Crippen LogP contribution in [0.15, 0.2) is 11.6 Å². The Morgan fingerprint density at radius 1 is 1.14 bits per heavy atom. The Morgan fingerprint density at radius 3 is 2.71 bits per heavy atom. The van der Waals surface area contributed by atoms with E-state index in [2.05, 4.69) is 19.9 Å². The standard InChI is InChI=1S/C19H28O2/c1-18-9-4-3-5-15(18)16(20)11-12-13-6-7-17(21)19(13,2)10-8-14(12)18/h5,12-14,16,20H,3-4,6-11H2,1-2H3/t12-,13-,14-,16-,18+,19-/m0/s1. The first-order chi connectivity index (χ1) is 9.97. The summed E-state index contributed by atoms with van der Waals surface area (Å²) in [6, 6.07) is 0. The van der Waals surface area contributed by atoms with Gasteiger partial charge < -0.3 is 5.11 Å². The van der Waals surface area contributed by atoms with E-state index in [0.29, 0.717) is 23.5 Å². The lowest BCUT2D eigenvalue weighted by molar-refractivity contribution is -0.134. The molecule has 0 aromatic rings. The SMILES string of the molecule is C[C@]12CCCC=C1[C@@H](O)C[C@@H]1[C@@H]2CC[C@]2(C)C(=O)CC[C@@H]12. The van der Waals surface area contributed by atoms with Crippen LogP contribution >= 0.6 is 0 Å². The zero-order valence-electron chi connectivity index (χ0n) is 13.4. The predicted octanol–water partition coefficient (Wildman–Crippen LogP) is 3.88. The van der Waals surface area contributed by atoms with Crippen LogP contribution in [-0.2, 0) is 4.79 Å². The minimum absolute atomic E-state index is 0.0763. The van der Waals surface area contributed by atoms with Gasteiger partial charge in [0.2, 0.25) is 0 Å². The molecule has 21 heavy (non-hydrogen) atoms. The molecule has 0 amide bonds. The summed E-state index contributed by atoms with van der Waals surface area (Å²) in [6.45, 7) is 4.61. The zero-order valence-corrected chi connectivity index (χ0v) is 13.4. The van der Waals surface area contributed by atoms with Crippen LogP contribution in [0.3, 0.4) is 0 Å². The van der Waals surface area contributed by atoms with Crippen molar-refractivity contribution >= 4 is 5.78 Å². The highest BCUT2D eigenvalue weighted by molar-refractivity contribution is 5.87. The number of fused-ring (bicyclic) bond motifs is 5. The highest BCUT2D eigenvalue weighted by Gasteiger charge is 2.60. The van der Waals surface area contributed by atoms with E-state index >= 15 is 0 Å². The maximum Gasteiger partial charge on any atom is 0.139 e. The molecule has 4 aliphatic rings. The fourth-order valence-corrected chi connectivity index (χ4v) is 6.58. The third-order valence-corrected chi connectivity index (χ3v) is 7.74. The van der Waals surface area contributed by atoms with Crippen molar-refractivity contribution in [2.45, 2.75) is 71.3 Å². The van der Waals surface area contributed by atoms with E-state index in [0.717, 1.165) is 32.1 Å². The van der Waals surface area contributed by atoms with E-state index in [4.69, 9.17) is 0 Å². The number of rotatable bonds is 0. The van der Waals surface area contributed by atoms with E-state index in [1.54, 1.807) is 0 Å². The quantitative estimate of drug-likeness (QED) is 0.687. The molecule has 2 heteroatoms. The molecule has 0 saturated heterocycles. The van der Waals surface area contributed by atoms with Gasteiger partial charge in [-0.3, -0.25) is 4.79 Å². The maximum atomic E-state index is 12.4. The van der Waals surface area contributed by atoms with Crippen LogP contribution in [0.2, 0.25) is 0 Å². The topological polar surface area (TPSA) is 37.3 Å². The zero-order chi connectivity index (χ0) is 14.8. The van der Waals surface area contributed by atoms with Gasteiger partial charge in [-0.25, -0.2) is 0 Å². The second-order valence-electron chi connectivity index (χ2n) is 8.52. The molecule has 116 valence electrons. The van der Waals surface area contributed by atoms with Crippen molar-refractivity contribution in [3.05, 3.63) is 11.6 Å². The van der Waals surface area contributed by atoms with Gasteiger partial charge in [-0.1, -0.05) is 19.9 Å². The molecule has 0 spiro atoms. The Hall–Kier alpha value is -0.630. The Balaban J connectivity index is 1.73. The molecule has 0 aromatic heterocycles. The van der Waals surface area contributed by atoms with Gasteiger partial charge in [0.25, 0.3) is 0 Å². The van der Waals surface area contributed by atoms with Crippen molar-refractivity contribution in [3.8, 4) is 0 Å². The lowest BCUT2D eigenvalue weighted by atomic mass is 9.47. The van der Waals surface area contributed by atoms with Crippen LogP contribution in [0.4, 0.5) is 0 Å². The number of carbonyl (C=O) groups is 1. The smallest absolute Gasteiger partial charge is 0.139 e. The normalized spacial score (nSPS) is 52.7. The molecule has 0 unspecified atom stereocenters. The minimum Gasteiger partial charge on any atom is -0.389 e. The molecule has 1 N–H and O–H groups in total. The second-order valence-corrected chi connectivity index (χ2v) is 8.52. The van der Waals surface area contributed by atoms with Crippen LogP contribution in [-0.4, -0.2) is 17.0 Å². The van der Waals surface area contributed by atoms with E-state index in [-0.39, 0.29) is 16.9 Å². The predicted molar refractivity (Wildman–Crippen MR) is 82.7 cm³/mol. The maximum absolute atomic E-state index is 12.4. The second kappa shape index (κ2) is 4.44. The number of carbonyl (C=O) groups excluding carboxylic acids is 1. The number of hydrogen-bond acceptors (Lipinski definition) is 2. The van der Waals surface area contributed by atoms with E-state index in [9.17, 15) is 9.90 Å². The summed E-state index contributed by atoms with van der Waals surface area (Å²) < 4.78 is 0. The van der Waals surface area contributed by atoms with Crippen LogP contribution in [0.1, 0.15) is 65.2 Å². The molecule has 0 aromatic carbocycles. The van der Waals surface area contributed by atoms with Gasteiger partial charge >= 0.3 is 0 Å². The largest absolute Gasteiger partial charge is 0.389 e. The summed E-state index contributed by atoms with van der Waals surface area (Å²) in [7, 11) is 0. The number of ketones is 1. The highest BCUT2D eigenvalue weighted by Crippen LogP contribution is 2.64. The highest BCUT2D eigenvalue weighted by atomic mass is 16.3. The number of aliphatic hydroxyl groups is 1. The van der Waals surface area contributed by atoms with E-state index in [1.807, 2.05) is 0 Å². The molecule has 0 radical (unpaired) electrons. The van der Waals surface area contributed by atoms with Gasteiger partial charge in [0, 0.05) is 11.8 Å². The number of Topliss-reactive ketones (excluding diaryl/α,β-unsaturated/α-hetero) is 1. The van der Waals surface area contributed by atoms with Crippen molar-refractivity contribution in [2.75, 3.05) is 0 Å². The third-order valence-electron chi connectivity index (χ3n) is 7.74. The van der Waals surface area contributed by atoms with E-state index < -0.39 is 0 Å². The molecule has 0 bridgehead atoms. The third kappa shape index (κ3) is 1.72. The van der Waals surface area contributed by atoms with E-state index in [1.165, 1.54) is 24.8 Å². The monoisotopic (exact) mass is 288 g/mol. The summed E-state index contributed by atoms with van der Waals surface area (Å²) in [6.07, 6.45) is 10.7. The van der Waals surface area contributed by atoms with Crippen molar-refractivity contribution in [2.24, 2.45) is 28.6 Å². The van der Waals surface area contributed by atoms with Crippen LogP contribution in [0.25, 0.3) is 0 Å². The molecule has 3 fully saturated rings. The van der Waals surface area contributed by atoms with Crippen LogP contribution < -0.4 is 0 Å². The van der Waals surface area contributed by atoms with Gasteiger partial charge in [-0.2, -0.15) is 0 Å². The van der Waals surface area contributed by atoms with Gasteiger partial charge in [0.15, 0.2) is 0 Å². The van der Waals surface area contributed by atoms with Crippen molar-refractivity contribution in [1.29, 1.82) is 0 Å². The molecule has 4 aliphatic carbocycles. The number of aliphatic hydroxyl groups excluding tert-OH is 1. The van der Waals surface area contributed by atoms with Gasteiger partial charge in [0.05, 0.1) is 6.10 Å². The van der Waals surface area contributed by atoms with Gasteiger partial charge in [-0.15, -0.1) is 0 Å². The summed E-state index contributed by atoms with van der Waals surface area (Å²) in [5.41, 5.74) is 1.46. The average Bonchev–Trinajstić information content (AvgIpc) is 2.75. The number of hydrogen-bond donors (Lipinski definition) is 1. The number of allylic oxidation sites excluding steroid dienone is 1. The molecular weight excluding hydrogens is 260 g/mol. The van der Waals surface area contributed by atoms with Crippen molar-refractivity contribution in [3.63, 3.8) is 0 Å². The lowest BCUT2D eigenvalue weighted by Gasteiger charge is -2.58. The summed E-state index contributed by atoms with van der Waals surface area (Å²) in [5, 5.41) is 10.7. The first kappa shape index (κ1) is 14.0. The summed E-state index contributed by atoms with van der Waals surface area (Å²) in [5.74, 6) is 2.27. The molecule has 2 nitrogen and oxygen atoms in total. The van der Waals surface area contributed by atoms with Gasteiger partial charge in [0.1, 0.15) is 5.78 Å². The Bertz CT molecular complexity index is 508. The van der Waals surface area contributed by atoms with Crippen LogP contribution in [0, 0.1) is 28.6 Å². The van der Waals surface area contributed by atoms with Gasteiger partial charge in [-0.05, 0) is 73.7 Å². The Labute approximate surface area is 128 Å². The first-order valence-electron chi connectivity index (χ1n) is 8.89. The molecule has 4 rings (SSSR count). The summed E-state index contributed by atoms with van der Waals surface area (Å²) >= 11 is 0. The van der Waals surface area contributed by atoms with Crippen molar-refractivity contribution < 1.29 is 9.90 Å². The average molecular weight is 288 g/mol. The minimum atomic E-state index is -0.255. The fourth-order valence-electron chi connectivity index (χ4n) is 6.58. The van der Waals surface area contributed by atoms with Crippen molar-refractivity contribution in [1.82, 2.24) is 0 Å². The molecule has 0 heterocycles. The molecule has 3 saturated carbocycles.